The molecule has 0 bridgehead atoms. The molecule has 0 saturated heterocycles. The van der Waals surface area contributed by atoms with E-state index in [0.29, 0.717) is 11.3 Å². The van der Waals surface area contributed by atoms with Gasteiger partial charge >= 0.3 is 0 Å². The fraction of sp³-hybridized carbons (Fsp3) is 0.222. The topological polar surface area (TPSA) is 75.6 Å². The Balaban J connectivity index is 1.98. The van der Waals surface area contributed by atoms with Gasteiger partial charge in [-0.05, 0) is 25.1 Å². The molecule has 1 aliphatic rings. The first-order valence-electron chi connectivity index (χ1n) is 7.37. The number of hydrogen-bond acceptors (Lipinski definition) is 4. The third-order valence-corrected chi connectivity index (χ3v) is 4.12. The number of carbonyl (C=O) groups excluding carboxylic acids is 2. The Morgan fingerprint density at radius 3 is 2.75 bits per heavy atom. The Kier molecular flexibility index (Phi) is 3.85. The van der Waals surface area contributed by atoms with E-state index in [-0.39, 0.29) is 11.3 Å². The molecule has 2 aromatic rings. The zero-order valence-electron chi connectivity index (χ0n) is 13.2. The number of aryl methyl sites for hydroxylation is 1. The van der Waals surface area contributed by atoms with Gasteiger partial charge in [-0.25, -0.2) is 4.39 Å². The summed E-state index contributed by atoms with van der Waals surface area (Å²) in [4.78, 5) is 24.8. The molecule has 1 atom stereocenters. The van der Waals surface area contributed by atoms with Crippen molar-refractivity contribution >= 4 is 17.4 Å². The number of carbonyl (C=O) groups is 2. The van der Waals surface area contributed by atoms with Gasteiger partial charge in [0.15, 0.2) is 11.4 Å². The summed E-state index contributed by atoms with van der Waals surface area (Å²) in [7, 11) is 1.32. The van der Waals surface area contributed by atoms with Crippen LogP contribution in [0.1, 0.15) is 27.9 Å². The number of nitrogens with one attached hydrogen (secondary N) is 1. The van der Waals surface area contributed by atoms with Crippen LogP contribution < -0.4 is 10.1 Å². The Morgan fingerprint density at radius 2 is 2.04 bits per heavy atom. The van der Waals surface area contributed by atoms with Crippen LogP contribution in [0, 0.1) is 12.7 Å². The van der Waals surface area contributed by atoms with Crippen LogP contribution in [-0.4, -0.2) is 23.9 Å². The van der Waals surface area contributed by atoms with Crippen LogP contribution in [-0.2, 0) is 10.4 Å². The molecule has 1 amide bonds. The summed E-state index contributed by atoms with van der Waals surface area (Å²) in [6, 6.07) is 8.65. The minimum absolute atomic E-state index is 0.0615. The van der Waals surface area contributed by atoms with Crippen molar-refractivity contribution in [1.29, 1.82) is 0 Å². The van der Waals surface area contributed by atoms with Gasteiger partial charge in [-0.1, -0.05) is 17.7 Å². The van der Waals surface area contributed by atoms with E-state index in [4.69, 9.17) is 4.74 Å². The molecule has 1 aliphatic heterocycles. The summed E-state index contributed by atoms with van der Waals surface area (Å²) in [5, 5.41) is 13.4. The average molecular weight is 329 g/mol. The molecule has 0 fully saturated rings. The van der Waals surface area contributed by atoms with E-state index in [1.54, 1.807) is 18.2 Å². The minimum Gasteiger partial charge on any atom is -0.496 e. The average Bonchev–Trinajstić information content (AvgIpc) is 2.78. The third kappa shape index (κ3) is 2.55. The summed E-state index contributed by atoms with van der Waals surface area (Å²) in [5.41, 5.74) is -0.150. The SMILES string of the molecule is COc1cc(F)ccc1C(=O)C[C@]1(O)C(=O)Nc2ccc(C)cc21. The molecule has 0 radical (unpaired) electrons. The summed E-state index contributed by atoms with van der Waals surface area (Å²) in [6.45, 7) is 1.83. The van der Waals surface area contributed by atoms with Crippen LogP contribution in [0.15, 0.2) is 36.4 Å². The van der Waals surface area contributed by atoms with Crippen LogP contribution in [0.4, 0.5) is 10.1 Å². The molecule has 0 aliphatic carbocycles. The molecule has 3 rings (SSSR count). The number of ether oxygens (including phenoxy) is 1. The highest BCUT2D eigenvalue weighted by molar-refractivity contribution is 6.10. The number of ketones is 1. The van der Waals surface area contributed by atoms with Crippen LogP contribution in [0.2, 0.25) is 0 Å². The summed E-state index contributed by atoms with van der Waals surface area (Å²) in [6.07, 6.45) is -0.461. The van der Waals surface area contributed by atoms with E-state index < -0.39 is 29.5 Å². The molecule has 5 nitrogen and oxygen atoms in total. The fourth-order valence-corrected chi connectivity index (χ4v) is 2.86. The van der Waals surface area contributed by atoms with E-state index in [2.05, 4.69) is 5.32 Å². The molecule has 24 heavy (non-hydrogen) atoms. The van der Waals surface area contributed by atoms with Crippen LogP contribution in [0.3, 0.4) is 0 Å². The van der Waals surface area contributed by atoms with Gasteiger partial charge in [0.2, 0.25) is 0 Å². The minimum atomic E-state index is -1.96. The van der Waals surface area contributed by atoms with Crippen molar-refractivity contribution in [3.8, 4) is 5.75 Å². The molecule has 0 saturated carbocycles. The first kappa shape index (κ1) is 16.1. The highest BCUT2D eigenvalue weighted by atomic mass is 19.1. The quantitative estimate of drug-likeness (QED) is 0.845. The Bertz CT molecular complexity index is 849. The van der Waals surface area contributed by atoms with Crippen molar-refractivity contribution in [3.63, 3.8) is 0 Å². The van der Waals surface area contributed by atoms with E-state index in [9.17, 15) is 19.1 Å². The number of Topliss-reactive ketones (excluding diaryl/α,β-unsaturated/α-hetero) is 1. The van der Waals surface area contributed by atoms with E-state index in [0.717, 1.165) is 17.7 Å². The van der Waals surface area contributed by atoms with Crippen LogP contribution in [0.5, 0.6) is 5.75 Å². The maximum Gasteiger partial charge on any atom is 0.261 e. The molecule has 0 unspecified atom stereocenters. The third-order valence-electron chi connectivity index (χ3n) is 4.12. The van der Waals surface area contributed by atoms with Crippen molar-refractivity contribution in [2.24, 2.45) is 0 Å². The monoisotopic (exact) mass is 329 g/mol. The number of hydrogen-bond donors (Lipinski definition) is 2. The van der Waals surface area contributed by atoms with Gasteiger partial charge in [0.25, 0.3) is 5.91 Å². The molecule has 1 heterocycles. The van der Waals surface area contributed by atoms with Crippen LogP contribution in [0.25, 0.3) is 0 Å². The van der Waals surface area contributed by atoms with Crippen molar-refractivity contribution in [2.45, 2.75) is 18.9 Å². The van der Waals surface area contributed by atoms with Crippen molar-refractivity contribution in [2.75, 3.05) is 12.4 Å². The maximum absolute atomic E-state index is 13.3. The first-order valence-corrected chi connectivity index (χ1v) is 7.37. The van der Waals surface area contributed by atoms with E-state index >= 15 is 0 Å². The molecule has 124 valence electrons. The molecular weight excluding hydrogens is 313 g/mol. The van der Waals surface area contributed by atoms with Gasteiger partial charge in [-0.2, -0.15) is 0 Å². The zero-order chi connectivity index (χ0) is 17.5. The number of aliphatic hydroxyl groups is 1. The lowest BCUT2D eigenvalue weighted by Gasteiger charge is -2.21. The Morgan fingerprint density at radius 1 is 1.29 bits per heavy atom. The van der Waals surface area contributed by atoms with E-state index in [1.165, 1.54) is 13.2 Å². The highest BCUT2D eigenvalue weighted by Crippen LogP contribution is 2.40. The number of anilines is 1. The summed E-state index contributed by atoms with van der Waals surface area (Å²) < 4.78 is 18.3. The predicted molar refractivity (Wildman–Crippen MR) is 85.6 cm³/mol. The summed E-state index contributed by atoms with van der Waals surface area (Å²) >= 11 is 0. The number of amides is 1. The lowest BCUT2D eigenvalue weighted by atomic mass is 9.87. The first-order chi connectivity index (χ1) is 11.3. The van der Waals surface area contributed by atoms with Crippen molar-refractivity contribution in [1.82, 2.24) is 0 Å². The Labute approximate surface area is 138 Å². The lowest BCUT2D eigenvalue weighted by molar-refractivity contribution is -0.133. The number of rotatable bonds is 4. The van der Waals surface area contributed by atoms with Gasteiger partial charge in [0.1, 0.15) is 11.6 Å². The van der Waals surface area contributed by atoms with Crippen LogP contribution >= 0.6 is 0 Å². The molecule has 6 heteroatoms. The molecule has 0 aromatic heterocycles. The predicted octanol–water partition coefficient (Wildman–Crippen LogP) is 2.56. The maximum atomic E-state index is 13.3. The molecule has 0 spiro atoms. The lowest BCUT2D eigenvalue weighted by Crippen LogP contribution is -2.36. The van der Waals surface area contributed by atoms with Gasteiger partial charge < -0.3 is 15.2 Å². The van der Waals surface area contributed by atoms with Gasteiger partial charge in [-0.3, -0.25) is 9.59 Å². The number of methoxy groups -OCH3 is 1. The summed E-state index contributed by atoms with van der Waals surface area (Å²) in [5.74, 6) is -1.65. The second-order valence-electron chi connectivity index (χ2n) is 5.81. The van der Waals surface area contributed by atoms with Crippen molar-refractivity contribution < 1.29 is 23.8 Å². The molecular formula is C18H16FNO4. The highest BCUT2D eigenvalue weighted by Gasteiger charge is 2.47. The largest absolute Gasteiger partial charge is 0.496 e. The second-order valence-corrected chi connectivity index (χ2v) is 5.81. The van der Waals surface area contributed by atoms with Gasteiger partial charge in [-0.15, -0.1) is 0 Å². The van der Waals surface area contributed by atoms with Gasteiger partial charge in [0, 0.05) is 17.3 Å². The zero-order valence-corrected chi connectivity index (χ0v) is 13.2. The fourth-order valence-electron chi connectivity index (χ4n) is 2.86. The second kappa shape index (κ2) is 5.72. The van der Waals surface area contributed by atoms with Gasteiger partial charge in [0.05, 0.1) is 19.1 Å². The smallest absolute Gasteiger partial charge is 0.261 e. The number of fused-ring (bicyclic) bond motifs is 1. The number of halogens is 1. The Hall–Kier alpha value is -2.73. The normalized spacial score (nSPS) is 18.9. The van der Waals surface area contributed by atoms with Crippen molar-refractivity contribution in [3.05, 3.63) is 58.9 Å². The standard InChI is InChI=1S/C18H16FNO4/c1-10-3-6-14-13(7-10)18(23,17(22)20-14)9-15(21)12-5-4-11(19)8-16(12)24-2/h3-8,23H,9H2,1-2H3,(H,20,22)/t18-/m1/s1. The van der Waals surface area contributed by atoms with E-state index in [1.807, 2.05) is 6.92 Å². The number of benzene rings is 2. The molecule has 2 aromatic carbocycles. The molecule has 2 N–H and O–H groups in total.